The molecule has 4 nitrogen and oxygen atoms in total. The molecule has 0 saturated heterocycles. The summed E-state index contributed by atoms with van der Waals surface area (Å²) >= 11 is 0. The molecule has 0 unspecified atom stereocenters. The van der Waals surface area contributed by atoms with Crippen molar-refractivity contribution in [3.8, 4) is 67.5 Å². The zero-order chi connectivity index (χ0) is 55.3. The minimum atomic E-state index is -3.81. The molecule has 0 saturated carbocycles. The van der Waals surface area contributed by atoms with Crippen LogP contribution in [-0.4, -0.2) is 19.6 Å². The first-order valence-electron chi connectivity index (χ1n) is 27.3. The standard InChI is InChI=1S/C58H60N3O.Pt/c1-55(2,3)42-24-20-37(21-25-42)39-30-31-59-49(35-39)41-32-40(33-45(34-41)58(10,11)12)46-17-15-18-51-53(46)60-54(47-16-13-14-19-52(47)62)61(51)50-29-28-44(57(7,8)9)36-48(50)38-22-26-43(27-23-38)56(4,5)6;/h13-31,33-36,62H,1-12H3;/q-1;/i1D3,2D3,3D3,20D,21D,24D,25D;. The van der Waals surface area contributed by atoms with Gasteiger partial charge in [-0.3, -0.25) is 9.55 Å². The molecule has 63 heavy (non-hydrogen) atoms. The number of hydrogen-bond acceptors (Lipinski definition) is 3. The van der Waals surface area contributed by atoms with Gasteiger partial charge in [0.2, 0.25) is 0 Å². The molecule has 0 atom stereocenters. The monoisotopic (exact) mass is 1020 g/mol. The average molecular weight is 1020 g/mol. The molecule has 5 heteroatoms. The van der Waals surface area contributed by atoms with Crippen molar-refractivity contribution < 1.29 is 44.0 Å². The van der Waals surface area contributed by atoms with Crippen molar-refractivity contribution in [2.24, 2.45) is 0 Å². The van der Waals surface area contributed by atoms with Gasteiger partial charge in [0, 0.05) is 50.9 Å². The van der Waals surface area contributed by atoms with Crippen LogP contribution < -0.4 is 0 Å². The molecule has 2 heterocycles. The first kappa shape index (κ1) is 31.3. The third-order valence-electron chi connectivity index (χ3n) is 11.3. The average Bonchev–Trinajstić information content (AvgIpc) is 3.69. The number of hydrogen-bond donors (Lipinski definition) is 1. The predicted molar refractivity (Wildman–Crippen MR) is 261 cm³/mol. The van der Waals surface area contributed by atoms with E-state index in [4.69, 9.17) is 22.8 Å². The summed E-state index contributed by atoms with van der Waals surface area (Å²) in [5.74, 6) is 0.558. The van der Waals surface area contributed by atoms with E-state index in [1.54, 1.807) is 18.2 Å². The van der Waals surface area contributed by atoms with Crippen LogP contribution in [0.4, 0.5) is 0 Å². The molecule has 0 aliphatic rings. The van der Waals surface area contributed by atoms with Crippen LogP contribution >= 0.6 is 0 Å². The molecule has 0 bridgehead atoms. The largest absolute Gasteiger partial charge is 0.507 e. The minimum absolute atomic E-state index is 0. The number of fused-ring (bicyclic) bond motifs is 1. The number of aromatic nitrogens is 3. The molecule has 0 aliphatic carbocycles. The molecular weight excluding hydrogens is 950 g/mol. The summed E-state index contributed by atoms with van der Waals surface area (Å²) < 4.78 is 112. The van der Waals surface area contributed by atoms with Crippen LogP contribution in [0.1, 0.15) is 123 Å². The maximum Gasteiger partial charge on any atom is 0.148 e. The summed E-state index contributed by atoms with van der Waals surface area (Å²) in [6.45, 7) is 7.87. The number of pyridine rings is 1. The SMILES string of the molecule is [2H]c1c([2H])c(C(C([2H])([2H])[2H])(C([2H])([2H])[2H])C([2H])([2H])[2H])c([2H])c([2H])c1-c1ccnc(-c2[c-]c(-c3cccc4c3nc(-c3ccccc3O)n4-c3ccc(C(C)(C)C)cc3-c3ccc(C(C)(C)C)cc3)cc(C(C)(C)C)c2)c1.[Pt]. The molecular formula is C58H60N3OPt-. The van der Waals surface area contributed by atoms with Gasteiger partial charge in [-0.1, -0.05) is 179 Å². The van der Waals surface area contributed by atoms with Crippen LogP contribution in [0.3, 0.4) is 0 Å². The van der Waals surface area contributed by atoms with Gasteiger partial charge in [-0.2, -0.15) is 0 Å². The van der Waals surface area contributed by atoms with Crippen LogP contribution in [0.2, 0.25) is 0 Å². The Kier molecular flexibility index (Phi) is 8.37. The Hall–Kier alpha value is -5.57. The van der Waals surface area contributed by atoms with E-state index >= 15 is 0 Å². The van der Waals surface area contributed by atoms with Crippen LogP contribution in [0.25, 0.3) is 72.7 Å². The third-order valence-corrected chi connectivity index (χ3v) is 11.3. The van der Waals surface area contributed by atoms with Crippen molar-refractivity contribution >= 4 is 11.0 Å². The van der Waals surface area contributed by atoms with Crippen LogP contribution in [0, 0.1) is 6.07 Å². The normalized spacial score (nSPS) is 16.0. The molecule has 0 aliphatic heterocycles. The topological polar surface area (TPSA) is 50.9 Å². The number of para-hydroxylation sites is 2. The van der Waals surface area contributed by atoms with Gasteiger partial charge in [0.1, 0.15) is 11.6 Å². The Balaban J connectivity index is 0.00000840. The molecule has 324 valence electrons. The smallest absolute Gasteiger partial charge is 0.148 e. The van der Waals surface area contributed by atoms with E-state index < -0.39 is 61.1 Å². The van der Waals surface area contributed by atoms with Crippen molar-refractivity contribution in [1.82, 2.24) is 14.5 Å². The van der Waals surface area contributed by atoms with Crippen LogP contribution in [0.5, 0.6) is 5.75 Å². The van der Waals surface area contributed by atoms with Gasteiger partial charge in [0.15, 0.2) is 0 Å². The summed E-state index contributed by atoms with van der Waals surface area (Å²) in [5, 5.41) is 11.5. The van der Waals surface area contributed by atoms with Crippen molar-refractivity contribution in [1.29, 1.82) is 0 Å². The number of imidazole rings is 1. The van der Waals surface area contributed by atoms with Crippen molar-refractivity contribution in [3.05, 3.63) is 168 Å². The van der Waals surface area contributed by atoms with Crippen LogP contribution in [-0.2, 0) is 42.7 Å². The van der Waals surface area contributed by atoms with Gasteiger partial charge in [-0.05, 0) is 91.4 Å². The summed E-state index contributed by atoms with van der Waals surface area (Å²) in [7, 11) is 0. The maximum atomic E-state index is 11.5. The Morgan fingerprint density at radius 2 is 1.19 bits per heavy atom. The summed E-state index contributed by atoms with van der Waals surface area (Å²) in [6, 6.07) is 34.8. The molecule has 8 aromatic rings. The molecule has 0 spiro atoms. The van der Waals surface area contributed by atoms with Gasteiger partial charge in [0.25, 0.3) is 0 Å². The molecule has 2 aromatic heterocycles. The second kappa shape index (κ2) is 16.9. The number of benzene rings is 6. The fourth-order valence-electron chi connectivity index (χ4n) is 7.65. The van der Waals surface area contributed by atoms with E-state index in [0.29, 0.717) is 39.3 Å². The summed E-state index contributed by atoms with van der Waals surface area (Å²) in [5.41, 5.74) is 4.27. The van der Waals surface area contributed by atoms with Crippen LogP contribution in [0.15, 0.2) is 140 Å². The Labute approximate surface area is 408 Å². The van der Waals surface area contributed by atoms with Gasteiger partial charge >= 0.3 is 0 Å². The van der Waals surface area contributed by atoms with Gasteiger partial charge in [0.05, 0.1) is 27.8 Å². The van der Waals surface area contributed by atoms with E-state index in [1.165, 1.54) is 17.8 Å². The maximum absolute atomic E-state index is 11.5. The number of nitrogens with zero attached hydrogens (tertiary/aromatic N) is 3. The Morgan fingerprint density at radius 1 is 0.556 bits per heavy atom. The van der Waals surface area contributed by atoms with Crippen molar-refractivity contribution in [2.45, 2.75) is 105 Å². The number of aromatic hydroxyl groups is 1. The van der Waals surface area contributed by atoms with Crippen molar-refractivity contribution in [2.75, 3.05) is 0 Å². The molecule has 1 N–H and O–H groups in total. The molecule has 8 rings (SSSR count). The Morgan fingerprint density at radius 3 is 1.84 bits per heavy atom. The first-order chi connectivity index (χ1) is 34.6. The minimum Gasteiger partial charge on any atom is -0.507 e. The van der Waals surface area contributed by atoms with E-state index in [9.17, 15) is 5.11 Å². The fraction of sp³-hybridized carbons (Fsp3) is 0.276. The quantitative estimate of drug-likeness (QED) is 0.169. The third kappa shape index (κ3) is 9.25. The van der Waals surface area contributed by atoms with E-state index in [0.717, 1.165) is 33.5 Å². The predicted octanol–water partition coefficient (Wildman–Crippen LogP) is 15.4. The zero-order valence-electron chi connectivity index (χ0n) is 50.1. The van der Waals surface area contributed by atoms with Gasteiger partial charge in [-0.15, -0.1) is 29.3 Å². The van der Waals surface area contributed by atoms with Crippen molar-refractivity contribution in [3.63, 3.8) is 0 Å². The second-order valence-electron chi connectivity index (χ2n) is 19.1. The zero-order valence-corrected chi connectivity index (χ0v) is 39.3. The van der Waals surface area contributed by atoms with Gasteiger partial charge in [-0.25, -0.2) is 4.98 Å². The Bertz CT molecular complexity index is 3450. The molecule has 0 radical (unpaired) electrons. The summed E-state index contributed by atoms with van der Waals surface area (Å²) in [6.07, 6.45) is 1.42. The number of phenols is 1. The summed E-state index contributed by atoms with van der Waals surface area (Å²) in [4.78, 5) is 10.1. The molecule has 0 fully saturated rings. The fourth-order valence-corrected chi connectivity index (χ4v) is 7.65. The van der Waals surface area contributed by atoms with E-state index in [2.05, 4.69) is 120 Å². The first-order valence-corrected chi connectivity index (χ1v) is 20.8. The molecule has 0 amide bonds. The second-order valence-corrected chi connectivity index (χ2v) is 19.1. The number of phenolic OH excluding ortho intramolecular Hbond substituents is 1. The van der Waals surface area contributed by atoms with Gasteiger partial charge < -0.3 is 5.11 Å². The van der Waals surface area contributed by atoms with E-state index in [-0.39, 0.29) is 48.8 Å². The number of rotatable bonds is 6. The van der Waals surface area contributed by atoms with E-state index in [1.807, 2.05) is 42.5 Å². The molecule has 6 aromatic carbocycles.